The van der Waals surface area contributed by atoms with Crippen molar-refractivity contribution >= 4 is 11.0 Å². The molecule has 0 saturated carbocycles. The SMILES string of the molecule is CCCCN(CCCC)Cc1c(O)ccc2c(=O)c(Oc3ccc(OC)cc3)c(C(F)(F)F)oc12. The molecule has 0 aliphatic heterocycles. The lowest BCUT2D eigenvalue weighted by atomic mass is 10.1. The standard InChI is InChI=1S/C26H30F3NO5/c1-4-6-14-30(15-7-5-2)16-20-21(31)13-12-19-22(32)24(25(26(27,28)29)35-23(19)20)34-18-10-8-17(33-3)9-11-18/h8-13,31H,4-7,14-16H2,1-3H3. The number of unbranched alkanes of at least 4 members (excludes halogenated alkanes) is 2. The molecule has 0 unspecified atom stereocenters. The molecule has 190 valence electrons. The van der Waals surface area contributed by atoms with Crippen LogP contribution < -0.4 is 14.9 Å². The van der Waals surface area contributed by atoms with E-state index in [0.717, 1.165) is 25.7 Å². The summed E-state index contributed by atoms with van der Waals surface area (Å²) >= 11 is 0. The van der Waals surface area contributed by atoms with E-state index in [-0.39, 0.29) is 34.6 Å². The maximum Gasteiger partial charge on any atom is 0.453 e. The van der Waals surface area contributed by atoms with E-state index in [2.05, 4.69) is 4.90 Å². The molecular formula is C26H30F3NO5. The largest absolute Gasteiger partial charge is 0.507 e. The second-order valence-corrected chi connectivity index (χ2v) is 8.29. The van der Waals surface area contributed by atoms with E-state index in [1.807, 2.05) is 13.8 Å². The molecule has 0 aliphatic carbocycles. The van der Waals surface area contributed by atoms with Crippen molar-refractivity contribution in [2.75, 3.05) is 20.2 Å². The van der Waals surface area contributed by atoms with Gasteiger partial charge in [0.25, 0.3) is 5.76 Å². The molecule has 0 fully saturated rings. The Morgan fingerprint density at radius 2 is 1.57 bits per heavy atom. The minimum absolute atomic E-state index is 0.0206. The molecule has 0 saturated heterocycles. The highest BCUT2D eigenvalue weighted by atomic mass is 19.4. The first-order chi connectivity index (χ1) is 16.7. The number of phenolic OH excluding ortho intramolecular Hbond substituents is 1. The van der Waals surface area contributed by atoms with Gasteiger partial charge in [-0.3, -0.25) is 9.69 Å². The van der Waals surface area contributed by atoms with E-state index in [0.29, 0.717) is 18.8 Å². The number of methoxy groups -OCH3 is 1. The predicted octanol–water partition coefficient (Wildman–Crippen LogP) is 6.72. The van der Waals surface area contributed by atoms with E-state index in [4.69, 9.17) is 13.9 Å². The van der Waals surface area contributed by atoms with Crippen LogP contribution in [0.2, 0.25) is 0 Å². The van der Waals surface area contributed by atoms with Gasteiger partial charge in [0.2, 0.25) is 11.2 Å². The van der Waals surface area contributed by atoms with Gasteiger partial charge in [-0.1, -0.05) is 26.7 Å². The Kier molecular flexibility index (Phi) is 8.67. The van der Waals surface area contributed by atoms with Gasteiger partial charge in [-0.15, -0.1) is 0 Å². The van der Waals surface area contributed by atoms with Gasteiger partial charge in [0.05, 0.1) is 18.1 Å². The molecule has 1 aromatic heterocycles. The third kappa shape index (κ3) is 6.28. The third-order valence-electron chi connectivity index (χ3n) is 5.67. The number of benzene rings is 2. The van der Waals surface area contributed by atoms with Gasteiger partial charge < -0.3 is 19.0 Å². The van der Waals surface area contributed by atoms with E-state index in [1.54, 1.807) is 0 Å². The highest BCUT2D eigenvalue weighted by Crippen LogP contribution is 2.40. The second kappa shape index (κ2) is 11.5. The predicted molar refractivity (Wildman–Crippen MR) is 127 cm³/mol. The van der Waals surface area contributed by atoms with Gasteiger partial charge >= 0.3 is 6.18 Å². The van der Waals surface area contributed by atoms with E-state index >= 15 is 0 Å². The first kappa shape index (κ1) is 26.4. The molecular weight excluding hydrogens is 463 g/mol. The van der Waals surface area contributed by atoms with Crippen molar-refractivity contribution in [2.24, 2.45) is 0 Å². The van der Waals surface area contributed by atoms with E-state index < -0.39 is 23.1 Å². The quantitative estimate of drug-likeness (QED) is 0.320. The Morgan fingerprint density at radius 1 is 0.971 bits per heavy atom. The molecule has 0 bridgehead atoms. The van der Waals surface area contributed by atoms with Crippen LogP contribution in [0.25, 0.3) is 11.0 Å². The number of aromatic hydroxyl groups is 1. The number of alkyl halides is 3. The molecule has 9 heteroatoms. The Bertz CT molecular complexity index is 1180. The Hall–Kier alpha value is -3.20. The van der Waals surface area contributed by atoms with Gasteiger partial charge in [-0.25, -0.2) is 0 Å². The Morgan fingerprint density at radius 3 is 2.11 bits per heavy atom. The van der Waals surface area contributed by atoms with Gasteiger partial charge in [0.1, 0.15) is 22.8 Å². The van der Waals surface area contributed by atoms with Crippen molar-refractivity contribution in [1.29, 1.82) is 0 Å². The van der Waals surface area contributed by atoms with Gasteiger partial charge in [0, 0.05) is 6.54 Å². The summed E-state index contributed by atoms with van der Waals surface area (Å²) in [5.74, 6) is -2.23. The average Bonchev–Trinajstić information content (AvgIpc) is 2.83. The van der Waals surface area contributed by atoms with Crippen molar-refractivity contribution in [3.63, 3.8) is 0 Å². The lowest BCUT2D eigenvalue weighted by Gasteiger charge is -2.23. The molecule has 1 N–H and O–H groups in total. The Labute approximate surface area is 201 Å². The van der Waals surface area contributed by atoms with Crippen LogP contribution in [0, 0.1) is 0 Å². The summed E-state index contributed by atoms with van der Waals surface area (Å²) in [6.45, 7) is 5.67. The van der Waals surface area contributed by atoms with Gasteiger partial charge in [-0.2, -0.15) is 13.2 Å². The van der Waals surface area contributed by atoms with E-state index in [1.165, 1.54) is 43.5 Å². The topological polar surface area (TPSA) is 72.1 Å². The number of halogens is 3. The van der Waals surface area contributed by atoms with Crippen molar-refractivity contribution in [1.82, 2.24) is 4.90 Å². The summed E-state index contributed by atoms with van der Waals surface area (Å²) in [6, 6.07) is 8.35. The maximum absolute atomic E-state index is 14.0. The van der Waals surface area contributed by atoms with Crippen LogP contribution in [-0.4, -0.2) is 30.2 Å². The summed E-state index contributed by atoms with van der Waals surface area (Å²) < 4.78 is 57.7. The van der Waals surface area contributed by atoms with Crippen LogP contribution in [0.3, 0.4) is 0 Å². The summed E-state index contributed by atoms with van der Waals surface area (Å²) in [4.78, 5) is 15.3. The first-order valence-corrected chi connectivity index (χ1v) is 11.6. The number of rotatable bonds is 11. The van der Waals surface area contributed by atoms with Crippen LogP contribution in [0.5, 0.6) is 23.0 Å². The van der Waals surface area contributed by atoms with Crippen LogP contribution in [0.15, 0.2) is 45.6 Å². The smallest absolute Gasteiger partial charge is 0.453 e. The lowest BCUT2D eigenvalue weighted by Crippen LogP contribution is -2.26. The minimum atomic E-state index is -5.00. The molecule has 6 nitrogen and oxygen atoms in total. The third-order valence-corrected chi connectivity index (χ3v) is 5.67. The molecule has 3 rings (SSSR count). The van der Waals surface area contributed by atoms with Gasteiger partial charge in [0.15, 0.2) is 0 Å². The van der Waals surface area contributed by atoms with Crippen LogP contribution in [0.4, 0.5) is 13.2 Å². The number of ether oxygens (including phenoxy) is 2. The lowest BCUT2D eigenvalue weighted by molar-refractivity contribution is -0.154. The van der Waals surface area contributed by atoms with Crippen molar-refractivity contribution in [2.45, 2.75) is 52.3 Å². The highest BCUT2D eigenvalue weighted by molar-refractivity contribution is 5.83. The molecule has 0 amide bonds. The fraction of sp³-hybridized carbons (Fsp3) is 0.423. The second-order valence-electron chi connectivity index (χ2n) is 8.29. The maximum atomic E-state index is 14.0. The zero-order valence-corrected chi connectivity index (χ0v) is 20.1. The fourth-order valence-electron chi connectivity index (χ4n) is 3.74. The molecule has 3 aromatic rings. The van der Waals surface area contributed by atoms with Crippen LogP contribution in [0.1, 0.15) is 50.9 Å². The van der Waals surface area contributed by atoms with Crippen molar-refractivity contribution in [3.05, 3.63) is 57.9 Å². The molecule has 35 heavy (non-hydrogen) atoms. The summed E-state index contributed by atoms with van der Waals surface area (Å²) in [6.07, 6.45) is -1.31. The zero-order chi connectivity index (χ0) is 25.6. The van der Waals surface area contributed by atoms with Crippen LogP contribution in [-0.2, 0) is 12.7 Å². The summed E-state index contributed by atoms with van der Waals surface area (Å²) in [5, 5.41) is 10.4. The van der Waals surface area contributed by atoms with Crippen LogP contribution >= 0.6 is 0 Å². The molecule has 0 aliphatic rings. The van der Waals surface area contributed by atoms with Crippen molar-refractivity contribution < 1.29 is 32.2 Å². The van der Waals surface area contributed by atoms with Crippen molar-refractivity contribution in [3.8, 4) is 23.0 Å². The molecule has 2 aromatic carbocycles. The minimum Gasteiger partial charge on any atom is -0.507 e. The normalized spacial score (nSPS) is 11.9. The highest BCUT2D eigenvalue weighted by Gasteiger charge is 2.41. The molecule has 1 heterocycles. The monoisotopic (exact) mass is 493 g/mol. The molecule has 0 radical (unpaired) electrons. The number of nitrogens with zero attached hydrogens (tertiary/aromatic N) is 1. The molecule has 0 atom stereocenters. The summed E-state index contributed by atoms with van der Waals surface area (Å²) in [5.41, 5.74) is -1.11. The average molecular weight is 494 g/mol. The zero-order valence-electron chi connectivity index (χ0n) is 20.1. The van der Waals surface area contributed by atoms with Gasteiger partial charge in [-0.05, 0) is 62.3 Å². The van der Waals surface area contributed by atoms with E-state index in [9.17, 15) is 23.1 Å². The number of phenols is 1. The Balaban J connectivity index is 2.13. The number of hydrogen-bond acceptors (Lipinski definition) is 6. The molecule has 0 spiro atoms. The fourth-order valence-corrected chi connectivity index (χ4v) is 3.74. The number of hydrogen-bond donors (Lipinski definition) is 1. The number of fused-ring (bicyclic) bond motifs is 1. The first-order valence-electron chi connectivity index (χ1n) is 11.6. The summed E-state index contributed by atoms with van der Waals surface area (Å²) in [7, 11) is 1.45.